The summed E-state index contributed by atoms with van der Waals surface area (Å²) in [6.45, 7) is 6.56. The molecule has 17 heavy (non-hydrogen) atoms. The molecule has 3 heteroatoms. The summed E-state index contributed by atoms with van der Waals surface area (Å²) in [4.78, 5) is 12.8. The minimum atomic E-state index is 0.143. The highest BCUT2D eigenvalue weighted by Gasteiger charge is 2.08. The first-order chi connectivity index (χ1) is 8.08. The van der Waals surface area contributed by atoms with E-state index in [1.807, 2.05) is 17.5 Å². The Hall–Kier alpha value is -0.830. The van der Waals surface area contributed by atoms with Crippen LogP contribution in [0.2, 0.25) is 0 Å². The van der Waals surface area contributed by atoms with Crippen LogP contribution < -0.4 is 5.32 Å². The minimum Gasteiger partial charge on any atom is -0.353 e. The van der Waals surface area contributed by atoms with Crippen molar-refractivity contribution in [2.45, 2.75) is 52.5 Å². The molecule has 0 saturated carbocycles. The summed E-state index contributed by atoms with van der Waals surface area (Å²) in [5, 5.41) is 5.07. The molecule has 1 amide bonds. The average molecular weight is 253 g/mol. The van der Waals surface area contributed by atoms with Crippen LogP contribution >= 0.6 is 11.3 Å². The van der Waals surface area contributed by atoms with Crippen LogP contribution in [0.4, 0.5) is 0 Å². The fourth-order valence-corrected chi connectivity index (χ4v) is 2.51. The Bertz CT molecular complexity index is 319. The first-order valence-electron chi connectivity index (χ1n) is 6.39. The van der Waals surface area contributed by atoms with Gasteiger partial charge in [-0.15, -0.1) is 11.3 Å². The number of carbonyl (C=O) groups is 1. The van der Waals surface area contributed by atoms with E-state index in [0.717, 1.165) is 17.2 Å². The lowest BCUT2D eigenvalue weighted by molar-refractivity contribution is -0.121. The van der Waals surface area contributed by atoms with Gasteiger partial charge >= 0.3 is 0 Å². The SMILES string of the molecule is CC(C)CCCC(C)NC(=O)Cc1cccs1. The van der Waals surface area contributed by atoms with Crippen LogP contribution in [0.25, 0.3) is 0 Å². The van der Waals surface area contributed by atoms with Gasteiger partial charge < -0.3 is 5.32 Å². The predicted octanol–water partition coefficient (Wildman–Crippen LogP) is 3.62. The fraction of sp³-hybridized carbons (Fsp3) is 0.643. The summed E-state index contributed by atoms with van der Waals surface area (Å²) in [6.07, 6.45) is 4.03. The zero-order valence-corrected chi connectivity index (χ0v) is 11.8. The van der Waals surface area contributed by atoms with E-state index in [2.05, 4.69) is 26.1 Å². The van der Waals surface area contributed by atoms with Crippen LogP contribution in [0, 0.1) is 5.92 Å². The van der Waals surface area contributed by atoms with Gasteiger partial charge in [0.05, 0.1) is 6.42 Å². The second-order valence-corrected chi connectivity index (χ2v) is 6.08. The summed E-state index contributed by atoms with van der Waals surface area (Å²) >= 11 is 1.64. The number of carbonyl (C=O) groups excluding carboxylic acids is 1. The molecule has 0 saturated heterocycles. The van der Waals surface area contributed by atoms with Crippen LogP contribution in [0.15, 0.2) is 17.5 Å². The van der Waals surface area contributed by atoms with Crippen molar-refractivity contribution in [1.82, 2.24) is 5.32 Å². The molecule has 1 N–H and O–H groups in total. The molecule has 0 aliphatic heterocycles. The molecule has 96 valence electrons. The minimum absolute atomic E-state index is 0.143. The van der Waals surface area contributed by atoms with Gasteiger partial charge in [0, 0.05) is 10.9 Å². The van der Waals surface area contributed by atoms with Crippen molar-refractivity contribution < 1.29 is 4.79 Å². The van der Waals surface area contributed by atoms with Gasteiger partial charge in [-0.2, -0.15) is 0 Å². The van der Waals surface area contributed by atoms with E-state index in [-0.39, 0.29) is 5.91 Å². The molecular weight excluding hydrogens is 230 g/mol. The standard InChI is InChI=1S/C14H23NOS/c1-11(2)6-4-7-12(3)15-14(16)10-13-8-5-9-17-13/h5,8-9,11-12H,4,6-7,10H2,1-3H3,(H,15,16). The van der Waals surface area contributed by atoms with E-state index in [0.29, 0.717) is 12.5 Å². The Balaban J connectivity index is 2.17. The van der Waals surface area contributed by atoms with E-state index < -0.39 is 0 Å². The van der Waals surface area contributed by atoms with Crippen molar-refractivity contribution in [3.8, 4) is 0 Å². The van der Waals surface area contributed by atoms with E-state index in [9.17, 15) is 4.79 Å². The Morgan fingerprint density at radius 2 is 2.12 bits per heavy atom. The maximum atomic E-state index is 11.7. The van der Waals surface area contributed by atoms with Gasteiger partial charge in [-0.3, -0.25) is 4.79 Å². The van der Waals surface area contributed by atoms with Crippen molar-refractivity contribution in [3.05, 3.63) is 22.4 Å². The monoisotopic (exact) mass is 253 g/mol. The Kier molecular flexibility index (Phi) is 6.27. The van der Waals surface area contributed by atoms with Crippen LogP contribution in [0.1, 0.15) is 44.9 Å². The Morgan fingerprint density at radius 1 is 1.35 bits per heavy atom. The molecule has 1 heterocycles. The second kappa shape index (κ2) is 7.49. The quantitative estimate of drug-likeness (QED) is 0.790. The zero-order chi connectivity index (χ0) is 12.7. The molecule has 2 nitrogen and oxygen atoms in total. The first-order valence-corrected chi connectivity index (χ1v) is 7.27. The Labute approximate surface area is 108 Å². The highest BCUT2D eigenvalue weighted by molar-refractivity contribution is 7.10. The zero-order valence-electron chi connectivity index (χ0n) is 11.0. The molecule has 0 fully saturated rings. The van der Waals surface area contributed by atoms with Crippen molar-refractivity contribution in [1.29, 1.82) is 0 Å². The molecule has 0 radical (unpaired) electrons. The number of amides is 1. The number of nitrogens with one attached hydrogen (secondary N) is 1. The van der Waals surface area contributed by atoms with Gasteiger partial charge in [0.1, 0.15) is 0 Å². The molecule has 0 aliphatic rings. The van der Waals surface area contributed by atoms with Gasteiger partial charge in [0.25, 0.3) is 0 Å². The lowest BCUT2D eigenvalue weighted by Gasteiger charge is -2.14. The normalized spacial score (nSPS) is 12.7. The lowest BCUT2D eigenvalue weighted by atomic mass is 10.0. The van der Waals surface area contributed by atoms with E-state index in [4.69, 9.17) is 0 Å². The summed E-state index contributed by atoms with van der Waals surface area (Å²) in [6, 6.07) is 4.29. The van der Waals surface area contributed by atoms with Gasteiger partial charge in [-0.25, -0.2) is 0 Å². The summed E-state index contributed by atoms with van der Waals surface area (Å²) < 4.78 is 0. The second-order valence-electron chi connectivity index (χ2n) is 5.05. The molecule has 1 aromatic rings. The largest absolute Gasteiger partial charge is 0.353 e. The van der Waals surface area contributed by atoms with Gasteiger partial charge in [-0.05, 0) is 30.7 Å². The summed E-state index contributed by atoms with van der Waals surface area (Å²) in [5.74, 6) is 0.897. The summed E-state index contributed by atoms with van der Waals surface area (Å²) in [5.41, 5.74) is 0. The molecule has 0 aromatic carbocycles. The van der Waals surface area contributed by atoms with Gasteiger partial charge in [0.15, 0.2) is 0 Å². The maximum Gasteiger partial charge on any atom is 0.225 e. The number of hydrogen-bond donors (Lipinski definition) is 1. The van der Waals surface area contributed by atoms with E-state index in [1.54, 1.807) is 11.3 Å². The van der Waals surface area contributed by atoms with E-state index >= 15 is 0 Å². The molecule has 1 aromatic heterocycles. The fourth-order valence-electron chi connectivity index (χ4n) is 1.80. The van der Waals surface area contributed by atoms with Crippen molar-refractivity contribution in [2.75, 3.05) is 0 Å². The predicted molar refractivity (Wildman–Crippen MR) is 74.3 cm³/mol. The highest BCUT2D eigenvalue weighted by Crippen LogP contribution is 2.10. The lowest BCUT2D eigenvalue weighted by Crippen LogP contribution is -2.33. The highest BCUT2D eigenvalue weighted by atomic mass is 32.1. The molecular formula is C14H23NOS. The topological polar surface area (TPSA) is 29.1 Å². The third-order valence-electron chi connectivity index (χ3n) is 2.74. The maximum absolute atomic E-state index is 11.7. The molecule has 1 rings (SSSR count). The van der Waals surface area contributed by atoms with Crippen LogP contribution in [-0.4, -0.2) is 11.9 Å². The van der Waals surface area contributed by atoms with Gasteiger partial charge in [-0.1, -0.05) is 32.8 Å². The van der Waals surface area contributed by atoms with Crippen molar-refractivity contribution in [2.24, 2.45) is 5.92 Å². The third-order valence-corrected chi connectivity index (χ3v) is 3.62. The summed E-state index contributed by atoms with van der Waals surface area (Å²) in [7, 11) is 0. The molecule has 0 bridgehead atoms. The van der Waals surface area contributed by atoms with Crippen molar-refractivity contribution in [3.63, 3.8) is 0 Å². The molecule has 0 aliphatic carbocycles. The number of rotatable bonds is 7. The first kappa shape index (κ1) is 14.2. The van der Waals surface area contributed by atoms with Gasteiger partial charge in [0.2, 0.25) is 5.91 Å². The van der Waals surface area contributed by atoms with Crippen molar-refractivity contribution >= 4 is 17.2 Å². The third kappa shape index (κ3) is 6.47. The number of thiophene rings is 1. The smallest absolute Gasteiger partial charge is 0.225 e. The average Bonchev–Trinajstić information content (AvgIpc) is 2.69. The van der Waals surface area contributed by atoms with E-state index in [1.165, 1.54) is 12.8 Å². The van der Waals surface area contributed by atoms with Crippen LogP contribution in [0.3, 0.4) is 0 Å². The Morgan fingerprint density at radius 3 is 2.71 bits per heavy atom. The number of hydrogen-bond acceptors (Lipinski definition) is 2. The van der Waals surface area contributed by atoms with Crippen LogP contribution in [-0.2, 0) is 11.2 Å². The van der Waals surface area contributed by atoms with Crippen LogP contribution in [0.5, 0.6) is 0 Å². The molecule has 1 atom stereocenters. The molecule has 0 spiro atoms. The molecule has 1 unspecified atom stereocenters.